The van der Waals surface area contributed by atoms with Crippen LogP contribution >= 0.6 is 11.3 Å². The Morgan fingerprint density at radius 2 is 2.05 bits per heavy atom. The summed E-state index contributed by atoms with van der Waals surface area (Å²) < 4.78 is 0. The van der Waals surface area contributed by atoms with Gasteiger partial charge in [0, 0.05) is 36.2 Å². The summed E-state index contributed by atoms with van der Waals surface area (Å²) in [5.74, 6) is 0. The van der Waals surface area contributed by atoms with Crippen molar-refractivity contribution in [1.29, 1.82) is 0 Å². The van der Waals surface area contributed by atoms with E-state index in [1.165, 1.54) is 10.4 Å². The quantitative estimate of drug-likeness (QED) is 0.842. The fourth-order valence-electron chi connectivity index (χ4n) is 2.11. The number of hydrogen-bond acceptors (Lipinski definition) is 4. The molecule has 0 saturated carbocycles. The van der Waals surface area contributed by atoms with Gasteiger partial charge < -0.3 is 5.32 Å². The summed E-state index contributed by atoms with van der Waals surface area (Å²) in [4.78, 5) is 8.31. The normalized spacial score (nSPS) is 13.0. The van der Waals surface area contributed by atoms with Crippen LogP contribution in [0.1, 0.15) is 42.9 Å². The van der Waals surface area contributed by atoms with Crippen LogP contribution in [0.3, 0.4) is 0 Å². The van der Waals surface area contributed by atoms with Crippen LogP contribution in [-0.4, -0.2) is 23.0 Å². The van der Waals surface area contributed by atoms with Gasteiger partial charge in [-0.05, 0) is 37.0 Å². The van der Waals surface area contributed by atoms with Crippen LogP contribution in [0.15, 0.2) is 35.8 Å². The molecule has 0 aliphatic carbocycles. The first-order valence-corrected chi connectivity index (χ1v) is 8.35. The fraction of sp³-hybridized carbons (Fsp3) is 0.471. The van der Waals surface area contributed by atoms with Gasteiger partial charge in [0.15, 0.2) is 0 Å². The van der Waals surface area contributed by atoms with Crippen LogP contribution in [-0.2, 0) is 13.1 Å². The number of rotatable bonds is 7. The van der Waals surface area contributed by atoms with E-state index in [2.05, 4.69) is 72.7 Å². The van der Waals surface area contributed by atoms with Gasteiger partial charge in [-0.15, -0.1) is 11.3 Å². The first-order chi connectivity index (χ1) is 10.1. The van der Waals surface area contributed by atoms with Crippen molar-refractivity contribution in [3.63, 3.8) is 0 Å². The number of nitrogens with zero attached hydrogens (tertiary/aromatic N) is 2. The summed E-state index contributed by atoms with van der Waals surface area (Å²) in [6, 6.07) is 9.53. The van der Waals surface area contributed by atoms with Crippen molar-refractivity contribution >= 4 is 11.3 Å². The topological polar surface area (TPSA) is 28.2 Å². The Hall–Kier alpha value is -1.23. The largest absolute Gasteiger partial charge is 0.310 e. The average Bonchev–Trinajstić information content (AvgIpc) is 2.99. The van der Waals surface area contributed by atoms with Gasteiger partial charge in [-0.2, -0.15) is 0 Å². The van der Waals surface area contributed by atoms with Crippen LogP contribution in [0.4, 0.5) is 0 Å². The third kappa shape index (κ3) is 4.92. The molecule has 0 aromatic carbocycles. The van der Waals surface area contributed by atoms with Crippen molar-refractivity contribution < 1.29 is 0 Å². The minimum Gasteiger partial charge on any atom is -0.310 e. The third-order valence-electron chi connectivity index (χ3n) is 3.63. The molecular formula is C17H25N3S. The summed E-state index contributed by atoms with van der Waals surface area (Å²) in [5, 5.41) is 5.54. The van der Waals surface area contributed by atoms with Crippen molar-refractivity contribution in [3.05, 3.63) is 52.0 Å². The molecule has 1 unspecified atom stereocenters. The molecule has 0 radical (unpaired) electrons. The Labute approximate surface area is 132 Å². The van der Waals surface area contributed by atoms with E-state index in [0.29, 0.717) is 12.1 Å². The molecule has 0 fully saturated rings. The minimum absolute atomic E-state index is 0.425. The van der Waals surface area contributed by atoms with Gasteiger partial charge in [-0.3, -0.25) is 9.88 Å². The smallest absolute Gasteiger partial charge is 0.0544 e. The molecule has 0 spiro atoms. The van der Waals surface area contributed by atoms with E-state index in [0.717, 1.165) is 18.8 Å². The second-order valence-electron chi connectivity index (χ2n) is 5.80. The molecule has 114 valence electrons. The molecule has 2 aromatic rings. The maximum Gasteiger partial charge on any atom is 0.0544 e. The van der Waals surface area contributed by atoms with Gasteiger partial charge in [-0.25, -0.2) is 0 Å². The minimum atomic E-state index is 0.425. The number of pyridine rings is 1. The van der Waals surface area contributed by atoms with Gasteiger partial charge in [0.05, 0.1) is 5.69 Å². The van der Waals surface area contributed by atoms with Crippen molar-refractivity contribution in [3.8, 4) is 0 Å². The molecule has 4 heteroatoms. The van der Waals surface area contributed by atoms with E-state index in [9.17, 15) is 0 Å². The molecule has 2 rings (SSSR count). The lowest BCUT2D eigenvalue weighted by Crippen LogP contribution is -2.23. The molecule has 0 amide bonds. The van der Waals surface area contributed by atoms with Crippen LogP contribution in [0.5, 0.6) is 0 Å². The maximum atomic E-state index is 4.58. The molecule has 0 bridgehead atoms. The second-order valence-corrected chi connectivity index (χ2v) is 6.78. The maximum absolute atomic E-state index is 4.58. The van der Waals surface area contributed by atoms with Crippen LogP contribution in [0.2, 0.25) is 0 Å². The number of nitrogens with one attached hydrogen (secondary N) is 1. The molecule has 0 aliphatic heterocycles. The van der Waals surface area contributed by atoms with Crippen LogP contribution in [0.25, 0.3) is 0 Å². The monoisotopic (exact) mass is 303 g/mol. The summed E-state index contributed by atoms with van der Waals surface area (Å²) in [6.45, 7) is 8.31. The zero-order chi connectivity index (χ0) is 15.2. The standard InChI is InChI=1S/C17H25N3S/c1-13(2)18-10-15-7-8-16(19-11-15)12-20(4)14(3)17-6-5-9-21-17/h5-9,11,13-14,18H,10,12H2,1-4H3. The highest BCUT2D eigenvalue weighted by molar-refractivity contribution is 7.10. The Morgan fingerprint density at radius 1 is 1.24 bits per heavy atom. The highest BCUT2D eigenvalue weighted by Gasteiger charge is 2.13. The Balaban J connectivity index is 1.90. The summed E-state index contributed by atoms with van der Waals surface area (Å²) in [6.07, 6.45) is 1.98. The average molecular weight is 303 g/mol. The van der Waals surface area contributed by atoms with Crippen molar-refractivity contribution in [2.75, 3.05) is 7.05 Å². The first-order valence-electron chi connectivity index (χ1n) is 7.47. The van der Waals surface area contributed by atoms with Gasteiger partial charge in [0.2, 0.25) is 0 Å². The molecule has 1 atom stereocenters. The summed E-state index contributed by atoms with van der Waals surface area (Å²) in [7, 11) is 2.15. The highest BCUT2D eigenvalue weighted by Crippen LogP contribution is 2.24. The molecule has 2 aromatic heterocycles. The lowest BCUT2D eigenvalue weighted by molar-refractivity contribution is 0.253. The Morgan fingerprint density at radius 3 is 2.62 bits per heavy atom. The van der Waals surface area contributed by atoms with E-state index >= 15 is 0 Å². The summed E-state index contributed by atoms with van der Waals surface area (Å²) in [5.41, 5.74) is 2.36. The van der Waals surface area contributed by atoms with E-state index < -0.39 is 0 Å². The van der Waals surface area contributed by atoms with Gasteiger partial charge in [0.1, 0.15) is 0 Å². The predicted octanol–water partition coefficient (Wildman–Crippen LogP) is 3.83. The highest BCUT2D eigenvalue weighted by atomic mass is 32.1. The van der Waals surface area contributed by atoms with Crippen molar-refractivity contribution in [2.24, 2.45) is 0 Å². The Kier molecular flexibility index (Phi) is 5.91. The molecule has 1 N–H and O–H groups in total. The number of hydrogen-bond donors (Lipinski definition) is 1. The van der Waals surface area contributed by atoms with Crippen LogP contribution < -0.4 is 5.32 Å². The third-order valence-corrected chi connectivity index (χ3v) is 4.67. The first kappa shape index (κ1) is 16.1. The molecule has 3 nitrogen and oxygen atoms in total. The Bertz CT molecular complexity index is 519. The fourth-order valence-corrected chi connectivity index (χ4v) is 2.96. The lowest BCUT2D eigenvalue weighted by Gasteiger charge is -2.23. The van der Waals surface area contributed by atoms with E-state index in [4.69, 9.17) is 0 Å². The zero-order valence-electron chi connectivity index (χ0n) is 13.3. The zero-order valence-corrected chi connectivity index (χ0v) is 14.2. The second kappa shape index (κ2) is 7.69. The lowest BCUT2D eigenvalue weighted by atomic mass is 10.2. The summed E-state index contributed by atoms with van der Waals surface area (Å²) >= 11 is 1.81. The molecule has 0 aliphatic rings. The molecular weight excluding hydrogens is 278 g/mol. The van der Waals surface area contributed by atoms with E-state index in [1.54, 1.807) is 0 Å². The van der Waals surface area contributed by atoms with Gasteiger partial charge in [-0.1, -0.05) is 26.0 Å². The molecule has 0 saturated heterocycles. The van der Waals surface area contributed by atoms with Crippen molar-refractivity contribution in [1.82, 2.24) is 15.2 Å². The molecule has 2 heterocycles. The van der Waals surface area contributed by atoms with Crippen LogP contribution in [0, 0.1) is 0 Å². The SMILES string of the molecule is CC(C)NCc1ccc(CN(C)C(C)c2cccs2)nc1. The van der Waals surface area contributed by atoms with Gasteiger partial charge >= 0.3 is 0 Å². The van der Waals surface area contributed by atoms with E-state index in [-0.39, 0.29) is 0 Å². The number of aromatic nitrogens is 1. The number of thiophene rings is 1. The molecule has 21 heavy (non-hydrogen) atoms. The van der Waals surface area contributed by atoms with E-state index in [1.807, 2.05) is 17.5 Å². The van der Waals surface area contributed by atoms with Crippen molar-refractivity contribution in [2.45, 2.75) is 45.9 Å². The predicted molar refractivity (Wildman–Crippen MR) is 90.4 cm³/mol. The van der Waals surface area contributed by atoms with Gasteiger partial charge in [0.25, 0.3) is 0 Å².